The van der Waals surface area contributed by atoms with Crippen molar-refractivity contribution in [2.75, 3.05) is 4.90 Å². The first-order valence-corrected chi connectivity index (χ1v) is 9.21. The molecule has 1 saturated carbocycles. The topological polar surface area (TPSA) is 99.9 Å². The summed E-state index contributed by atoms with van der Waals surface area (Å²) in [5, 5.41) is 22.3. The fourth-order valence-corrected chi connectivity index (χ4v) is 4.71. The molecule has 0 spiro atoms. The smallest absolute Gasteiger partial charge is 0.208 e. The fraction of sp³-hybridized carbons (Fsp3) is 0.588. The predicted octanol–water partition coefficient (Wildman–Crippen LogP) is 1.77. The Morgan fingerprint density at radius 2 is 2.15 bits per heavy atom. The minimum absolute atomic E-state index is 0.103. The number of aromatic nitrogens is 5. The molecule has 0 aromatic carbocycles. The Hall–Kier alpha value is -2.89. The van der Waals surface area contributed by atoms with Crippen LogP contribution in [0.2, 0.25) is 0 Å². The lowest BCUT2D eigenvalue weighted by atomic mass is 9.80. The number of fused-ring (bicyclic) bond motifs is 6. The Bertz CT molecular complexity index is 915. The van der Waals surface area contributed by atoms with Crippen LogP contribution >= 0.6 is 0 Å². The zero-order valence-electron chi connectivity index (χ0n) is 14.9. The third-order valence-corrected chi connectivity index (χ3v) is 5.80. The molecule has 2 aromatic rings. The third kappa shape index (κ3) is 1.95. The van der Waals surface area contributed by atoms with E-state index < -0.39 is 0 Å². The van der Waals surface area contributed by atoms with E-state index in [1.807, 2.05) is 26.4 Å². The first-order chi connectivity index (χ1) is 12.7. The summed E-state index contributed by atoms with van der Waals surface area (Å²) in [6, 6.07) is 0.462. The van der Waals surface area contributed by atoms with Crippen LogP contribution in [0.4, 0.5) is 5.82 Å². The molecule has 9 heteroatoms. The second kappa shape index (κ2) is 5.56. The second-order valence-corrected chi connectivity index (χ2v) is 7.54. The van der Waals surface area contributed by atoms with Crippen molar-refractivity contribution in [2.24, 2.45) is 11.0 Å². The molecule has 1 fully saturated rings. The Kier molecular flexibility index (Phi) is 3.29. The molecule has 4 heterocycles. The van der Waals surface area contributed by atoms with Crippen molar-refractivity contribution < 1.29 is 0 Å². The summed E-state index contributed by atoms with van der Waals surface area (Å²) in [5.74, 6) is 2.34. The van der Waals surface area contributed by atoms with Gasteiger partial charge in [0.25, 0.3) is 0 Å². The lowest BCUT2D eigenvalue weighted by Crippen LogP contribution is -2.53. The number of hydrazone groups is 1. The van der Waals surface area contributed by atoms with Crippen LogP contribution in [0.1, 0.15) is 62.9 Å². The molecular formula is C17H21N9. The van der Waals surface area contributed by atoms with E-state index in [1.165, 1.54) is 30.4 Å². The highest BCUT2D eigenvalue weighted by Crippen LogP contribution is 2.45. The average Bonchev–Trinajstić information content (AvgIpc) is 3.37. The maximum atomic E-state index is 9.36. The third-order valence-electron chi connectivity index (χ3n) is 5.80. The van der Waals surface area contributed by atoms with Gasteiger partial charge in [0.1, 0.15) is 12.0 Å². The van der Waals surface area contributed by atoms with Crippen molar-refractivity contribution in [3.63, 3.8) is 0 Å². The number of nitriles is 1. The van der Waals surface area contributed by atoms with Gasteiger partial charge in [-0.05, 0) is 18.8 Å². The first kappa shape index (κ1) is 15.4. The van der Waals surface area contributed by atoms with Gasteiger partial charge in [-0.15, -0.1) is 9.78 Å². The van der Waals surface area contributed by atoms with Crippen molar-refractivity contribution in [1.82, 2.24) is 30.0 Å². The quantitative estimate of drug-likeness (QED) is 0.885. The predicted molar refractivity (Wildman–Crippen MR) is 94.3 cm³/mol. The molecule has 26 heavy (non-hydrogen) atoms. The van der Waals surface area contributed by atoms with Crippen LogP contribution in [0.15, 0.2) is 17.6 Å². The Balaban J connectivity index is 1.63. The number of hydrogen-bond acceptors (Lipinski definition) is 7. The van der Waals surface area contributed by atoms with E-state index in [0.717, 1.165) is 17.3 Å². The first-order valence-electron chi connectivity index (χ1n) is 9.21. The van der Waals surface area contributed by atoms with Crippen molar-refractivity contribution in [3.8, 4) is 6.19 Å². The highest BCUT2D eigenvalue weighted by atomic mass is 15.6. The summed E-state index contributed by atoms with van der Waals surface area (Å²) in [5.41, 5.74) is 4.79. The number of amidine groups is 1. The lowest BCUT2D eigenvalue weighted by molar-refractivity contribution is 0.176. The van der Waals surface area contributed by atoms with Crippen LogP contribution in [0.3, 0.4) is 0 Å². The number of imidazole rings is 1. The van der Waals surface area contributed by atoms with Gasteiger partial charge >= 0.3 is 0 Å². The molecule has 0 bridgehead atoms. The zero-order valence-corrected chi connectivity index (χ0v) is 14.9. The van der Waals surface area contributed by atoms with Gasteiger partial charge in [0.2, 0.25) is 6.19 Å². The molecule has 3 unspecified atom stereocenters. The van der Waals surface area contributed by atoms with Crippen molar-refractivity contribution in [3.05, 3.63) is 23.9 Å². The summed E-state index contributed by atoms with van der Waals surface area (Å²) >= 11 is 0. The molecule has 3 aliphatic rings. The minimum atomic E-state index is 0.103. The summed E-state index contributed by atoms with van der Waals surface area (Å²) in [6.07, 6.45) is 10.9. The maximum absolute atomic E-state index is 9.36. The number of anilines is 1. The van der Waals surface area contributed by atoms with E-state index in [9.17, 15) is 5.26 Å². The lowest BCUT2D eigenvalue weighted by Gasteiger charge is -2.45. The normalized spacial score (nSPS) is 26.6. The van der Waals surface area contributed by atoms with E-state index in [0.29, 0.717) is 17.7 Å². The van der Waals surface area contributed by atoms with Crippen LogP contribution in [0.5, 0.6) is 0 Å². The fourth-order valence-electron chi connectivity index (χ4n) is 4.71. The van der Waals surface area contributed by atoms with Gasteiger partial charge in [-0.25, -0.2) is 4.98 Å². The Labute approximate surface area is 151 Å². The molecule has 2 aromatic heterocycles. The average molecular weight is 351 g/mol. The van der Waals surface area contributed by atoms with E-state index in [4.69, 9.17) is 0 Å². The molecule has 0 saturated heterocycles. The largest absolute Gasteiger partial charge is 0.314 e. The molecule has 1 aliphatic carbocycles. The molecule has 3 atom stereocenters. The van der Waals surface area contributed by atoms with Crippen LogP contribution in [-0.4, -0.2) is 36.5 Å². The Morgan fingerprint density at radius 1 is 1.31 bits per heavy atom. The van der Waals surface area contributed by atoms with Gasteiger partial charge in [0.15, 0.2) is 11.5 Å². The van der Waals surface area contributed by atoms with Crippen molar-refractivity contribution >= 4 is 11.7 Å². The van der Waals surface area contributed by atoms with Gasteiger partial charge in [-0.1, -0.05) is 31.9 Å². The van der Waals surface area contributed by atoms with Gasteiger partial charge in [0.05, 0.1) is 18.2 Å². The second-order valence-electron chi connectivity index (χ2n) is 7.54. The van der Waals surface area contributed by atoms with Crippen molar-refractivity contribution in [2.45, 2.75) is 57.7 Å². The van der Waals surface area contributed by atoms with Crippen LogP contribution in [0.25, 0.3) is 0 Å². The number of rotatable bonds is 2. The van der Waals surface area contributed by atoms with E-state index in [-0.39, 0.29) is 12.1 Å². The van der Waals surface area contributed by atoms with Crippen LogP contribution in [0, 0.1) is 17.4 Å². The molecule has 1 N–H and O–H groups in total. The molecule has 9 nitrogen and oxygen atoms in total. The summed E-state index contributed by atoms with van der Waals surface area (Å²) in [7, 11) is 0. The molecule has 0 amide bonds. The van der Waals surface area contributed by atoms with E-state index >= 15 is 0 Å². The maximum Gasteiger partial charge on any atom is 0.208 e. The summed E-state index contributed by atoms with van der Waals surface area (Å²) < 4.78 is 3.58. The number of nitrogens with one attached hydrogen (secondary N) is 1. The molecule has 0 radical (unpaired) electrons. The standard InChI is InChI=1S/C17H21N9/c1-10(2)15-14(20-23-25(15)8-18)17-22-21-16-11-5-3-4-6-12(11)24-9-19-7-13(24)26(16)17/h7,9-12,16,21H,3-6H2,1-2H3. The molecular weight excluding hydrogens is 330 g/mol. The zero-order chi connectivity index (χ0) is 17.8. The number of hydrogen-bond donors (Lipinski definition) is 1. The van der Waals surface area contributed by atoms with Gasteiger partial charge in [-0.2, -0.15) is 10.4 Å². The van der Waals surface area contributed by atoms with E-state index in [1.54, 1.807) is 0 Å². The van der Waals surface area contributed by atoms with Crippen molar-refractivity contribution in [1.29, 1.82) is 5.26 Å². The molecule has 5 rings (SSSR count). The monoisotopic (exact) mass is 351 g/mol. The molecule has 2 aliphatic heterocycles. The Morgan fingerprint density at radius 3 is 2.96 bits per heavy atom. The van der Waals surface area contributed by atoms with Crippen LogP contribution in [-0.2, 0) is 0 Å². The van der Waals surface area contributed by atoms with Crippen LogP contribution < -0.4 is 10.3 Å². The van der Waals surface area contributed by atoms with Gasteiger partial charge in [0, 0.05) is 12.0 Å². The SMILES string of the molecule is CC(C)c1c(C2=NNC3C4CCCCC4n4cncc4N23)nnn1C#N. The van der Waals surface area contributed by atoms with Gasteiger partial charge < -0.3 is 4.57 Å². The van der Waals surface area contributed by atoms with E-state index in [2.05, 4.69) is 41.5 Å². The van der Waals surface area contributed by atoms with Gasteiger partial charge in [-0.3, -0.25) is 10.3 Å². The molecule has 134 valence electrons. The minimum Gasteiger partial charge on any atom is -0.314 e. The summed E-state index contributed by atoms with van der Waals surface area (Å²) in [4.78, 5) is 6.60. The highest BCUT2D eigenvalue weighted by Gasteiger charge is 2.47. The number of nitrogens with zero attached hydrogens (tertiary/aromatic N) is 8. The summed E-state index contributed by atoms with van der Waals surface area (Å²) in [6.45, 7) is 4.07. The highest BCUT2D eigenvalue weighted by molar-refractivity contribution is 6.10.